The predicted octanol–water partition coefficient (Wildman–Crippen LogP) is 9.53. The van der Waals surface area contributed by atoms with Crippen molar-refractivity contribution in [3.63, 3.8) is 0 Å². The molecule has 0 unspecified atom stereocenters. The normalized spacial score (nSPS) is 16.1. The Morgan fingerprint density at radius 3 is 2.31 bits per heavy atom. The minimum absolute atomic E-state index is 0.0328. The minimum atomic E-state index is -5.33. The van der Waals surface area contributed by atoms with Crippen molar-refractivity contribution in [1.29, 1.82) is 5.26 Å². The minimum Gasteiger partial charge on any atom is -0.490 e. The number of halogens is 8. The average molecular weight is 942 g/mol. The lowest BCUT2D eigenvalue weighted by atomic mass is 9.99. The van der Waals surface area contributed by atoms with Gasteiger partial charge in [0.2, 0.25) is 12.3 Å². The van der Waals surface area contributed by atoms with E-state index in [-0.39, 0.29) is 49.7 Å². The molecule has 2 fully saturated rings. The van der Waals surface area contributed by atoms with Gasteiger partial charge in [0.1, 0.15) is 28.6 Å². The van der Waals surface area contributed by atoms with Gasteiger partial charge in [-0.3, -0.25) is 24.3 Å². The van der Waals surface area contributed by atoms with Gasteiger partial charge in [0.15, 0.2) is 16.7 Å². The number of likely N-dealkylation sites (tertiary alicyclic amines) is 1. The Hall–Kier alpha value is -6.53. The van der Waals surface area contributed by atoms with E-state index in [1.54, 1.807) is 10.4 Å². The fourth-order valence-corrected chi connectivity index (χ4v) is 9.18. The van der Waals surface area contributed by atoms with Crippen molar-refractivity contribution in [3.05, 3.63) is 112 Å². The molecule has 11 nitrogen and oxygen atoms in total. The van der Waals surface area contributed by atoms with E-state index in [4.69, 9.17) is 22.2 Å². The molecule has 5 aromatic rings. The predicted molar refractivity (Wildman–Crippen MR) is 226 cm³/mol. The van der Waals surface area contributed by atoms with Crippen LogP contribution in [0.15, 0.2) is 72.4 Å². The van der Waals surface area contributed by atoms with E-state index in [0.29, 0.717) is 23.4 Å². The summed E-state index contributed by atoms with van der Waals surface area (Å²) in [6, 6.07) is 13.2. The summed E-state index contributed by atoms with van der Waals surface area (Å²) in [4.78, 5) is 50.7. The van der Waals surface area contributed by atoms with Gasteiger partial charge in [-0.15, -0.1) is 11.3 Å². The highest BCUT2D eigenvalue weighted by Crippen LogP contribution is 2.44. The maximum Gasteiger partial charge on any atom is 0.420 e. The van der Waals surface area contributed by atoms with Gasteiger partial charge in [0, 0.05) is 37.6 Å². The maximum atomic E-state index is 16.0. The molecule has 2 saturated heterocycles. The molecular weight excluding hydrogens is 907 g/mol. The number of amides is 3. The number of alkyl halides is 6. The summed E-state index contributed by atoms with van der Waals surface area (Å²) in [6.45, 7) is 4.88. The quantitative estimate of drug-likeness (QED) is 0.0782. The number of carbonyl (C=O) groups is 3. The number of aromatic nitrogens is 2. The molecule has 7 rings (SSSR count). The molecule has 3 amide bonds. The molecule has 0 saturated carbocycles. The molecule has 2 aromatic heterocycles. The van der Waals surface area contributed by atoms with Crippen LogP contribution in [0.2, 0.25) is 0 Å². The molecule has 4 heterocycles. The number of benzene rings is 3. The van der Waals surface area contributed by atoms with E-state index in [2.05, 4.69) is 15.3 Å². The molecule has 0 aliphatic carbocycles. The molecule has 0 radical (unpaired) electrons. The molecule has 1 N–H and O–H groups in total. The van der Waals surface area contributed by atoms with Gasteiger partial charge in [-0.25, -0.2) is 13.8 Å². The van der Waals surface area contributed by atoms with E-state index >= 15 is 8.78 Å². The van der Waals surface area contributed by atoms with Crippen LogP contribution in [0.25, 0.3) is 21.7 Å². The summed E-state index contributed by atoms with van der Waals surface area (Å²) in [6.07, 6.45) is -8.99. The largest absolute Gasteiger partial charge is 0.490 e. The number of nitrogens with one attached hydrogen (secondary N) is 1. The third-order valence-corrected chi connectivity index (χ3v) is 12.5. The van der Waals surface area contributed by atoms with Crippen molar-refractivity contribution >= 4 is 58.3 Å². The summed E-state index contributed by atoms with van der Waals surface area (Å²) in [5, 5.41) is 11.3. The lowest BCUT2D eigenvalue weighted by Crippen LogP contribution is -2.44. The number of nitriles is 1. The Kier molecular flexibility index (Phi) is 12.7. The Balaban J connectivity index is 1.04. The zero-order valence-electron chi connectivity index (χ0n) is 34.4. The third kappa shape index (κ3) is 9.09. The zero-order valence-corrected chi connectivity index (χ0v) is 36.0. The second-order valence-corrected chi connectivity index (χ2v) is 16.8. The molecular formula is C44H35F8N7O4S2. The van der Waals surface area contributed by atoms with Gasteiger partial charge in [-0.1, -0.05) is 24.3 Å². The highest BCUT2D eigenvalue weighted by Gasteiger charge is 2.52. The van der Waals surface area contributed by atoms with Crippen molar-refractivity contribution in [2.45, 2.75) is 70.1 Å². The van der Waals surface area contributed by atoms with Crippen molar-refractivity contribution in [1.82, 2.24) is 20.2 Å². The van der Waals surface area contributed by atoms with Crippen LogP contribution < -0.4 is 19.9 Å². The smallest absolute Gasteiger partial charge is 0.420 e. The Morgan fingerprint density at radius 2 is 1.72 bits per heavy atom. The number of thiazole rings is 1. The van der Waals surface area contributed by atoms with Gasteiger partial charge in [0.25, 0.3) is 5.91 Å². The van der Waals surface area contributed by atoms with Crippen LogP contribution in [0.4, 0.5) is 46.5 Å². The van der Waals surface area contributed by atoms with Crippen LogP contribution in [0.3, 0.4) is 0 Å². The highest BCUT2D eigenvalue weighted by molar-refractivity contribution is 7.81. The Morgan fingerprint density at radius 1 is 1.03 bits per heavy atom. The monoisotopic (exact) mass is 941 g/mol. The molecule has 2 aliphatic heterocycles. The molecule has 65 heavy (non-hydrogen) atoms. The number of rotatable bonds is 11. The molecule has 0 bridgehead atoms. The van der Waals surface area contributed by atoms with E-state index < -0.39 is 86.3 Å². The second-order valence-electron chi connectivity index (χ2n) is 15.6. The van der Waals surface area contributed by atoms with Crippen LogP contribution in [0, 0.1) is 29.9 Å². The first kappa shape index (κ1) is 46.5. The van der Waals surface area contributed by atoms with Gasteiger partial charge >= 0.3 is 12.4 Å². The topological polar surface area (TPSA) is 132 Å². The van der Waals surface area contributed by atoms with E-state index in [9.17, 15) is 40.7 Å². The zero-order chi connectivity index (χ0) is 47.2. The molecule has 21 heteroatoms. The molecule has 338 valence electrons. The number of thiocarbonyl (C=S) groups is 1. The van der Waals surface area contributed by atoms with Crippen molar-refractivity contribution in [2.24, 2.45) is 0 Å². The summed E-state index contributed by atoms with van der Waals surface area (Å²) in [5.74, 6) is -4.69. The van der Waals surface area contributed by atoms with Gasteiger partial charge in [-0.2, -0.15) is 31.6 Å². The van der Waals surface area contributed by atoms with Crippen molar-refractivity contribution in [3.8, 4) is 33.5 Å². The highest BCUT2D eigenvalue weighted by atomic mass is 32.1. The number of hydrogen-bond acceptors (Lipinski definition) is 9. The fourth-order valence-electron chi connectivity index (χ4n) is 7.86. The number of pyridine rings is 1. The van der Waals surface area contributed by atoms with E-state index in [0.717, 1.165) is 51.0 Å². The molecule has 0 spiro atoms. The molecule has 2 aliphatic rings. The van der Waals surface area contributed by atoms with Gasteiger partial charge < -0.3 is 19.9 Å². The van der Waals surface area contributed by atoms with E-state index in [1.807, 2.05) is 31.2 Å². The number of anilines is 2. The number of carbonyl (C=O) groups excluding carboxylic acids is 3. The summed E-state index contributed by atoms with van der Waals surface area (Å²) < 4.78 is 122. The number of ether oxygens (including phenoxy) is 1. The molecule has 3 aromatic carbocycles. The van der Waals surface area contributed by atoms with Crippen LogP contribution in [0.1, 0.15) is 67.1 Å². The Bertz CT molecular complexity index is 2730. The first-order valence-corrected chi connectivity index (χ1v) is 20.9. The molecule has 1 atom stereocenters. The summed E-state index contributed by atoms with van der Waals surface area (Å²) in [5.41, 5.74) is -4.38. The first-order chi connectivity index (χ1) is 30.6. The number of piperidine rings is 1. The SMILES string of the molecule is Cc1ncsc1-c1ccc([C@H](CC(=O)N2CCC(Oc3ccc(-c4ncc(N5C(=S)N(c6ccc(C#N)c(C(F)(F)F)c6F)C(=O)C5(C)C)cc4F)c(C(F)(F)F)c3)CC2)NC=O)cc1. The second kappa shape index (κ2) is 17.8. The van der Waals surface area contributed by atoms with Crippen LogP contribution >= 0.6 is 23.6 Å². The van der Waals surface area contributed by atoms with Gasteiger partial charge in [0.05, 0.1) is 63.3 Å². The first-order valence-electron chi connectivity index (χ1n) is 19.7. The van der Waals surface area contributed by atoms with Crippen LogP contribution in [-0.2, 0) is 26.7 Å². The van der Waals surface area contributed by atoms with Crippen LogP contribution in [-0.4, -0.2) is 62.9 Å². The standard InChI is InChI=1S/C44H35F8N7O4S2/c1-23-39(65-22-56-23)25-6-4-24(5-7-25)33(55-21-60)18-35(61)57-14-12-28(13-15-57)63-29-9-10-30(31(17-29)43(47,48)49)38-32(45)16-27(20-54-38)59-41(64)58(40(62)42(59,2)3)34-11-8-26(19-53)36(37(34)46)44(50,51)52/h4-11,16-17,20-22,28,33H,12-15,18H2,1-3H3,(H,55,60)/t33-/m0/s1. The summed E-state index contributed by atoms with van der Waals surface area (Å²) >= 11 is 6.88. The van der Waals surface area contributed by atoms with Crippen molar-refractivity contribution in [2.75, 3.05) is 22.9 Å². The number of hydrogen-bond donors (Lipinski definition) is 1. The fraction of sp³-hybridized carbons (Fsp3) is 0.295. The van der Waals surface area contributed by atoms with Crippen molar-refractivity contribution < 1.29 is 54.2 Å². The summed E-state index contributed by atoms with van der Waals surface area (Å²) in [7, 11) is 0. The third-order valence-electron chi connectivity index (χ3n) is 11.1. The lowest BCUT2D eigenvalue weighted by molar-refractivity contribution is -0.140. The Labute approximate surface area is 375 Å². The number of aryl methyl sites for hydroxylation is 1. The van der Waals surface area contributed by atoms with Crippen LogP contribution in [0.5, 0.6) is 5.75 Å². The number of nitrogens with zero attached hydrogens (tertiary/aromatic N) is 6. The maximum absolute atomic E-state index is 16.0. The van der Waals surface area contributed by atoms with Gasteiger partial charge in [-0.05, 0) is 74.4 Å². The average Bonchev–Trinajstić information content (AvgIpc) is 3.75. The lowest BCUT2D eigenvalue weighted by Gasteiger charge is -2.33. The van der Waals surface area contributed by atoms with E-state index in [1.165, 1.54) is 37.3 Å².